The molecule has 0 bridgehead atoms. The maximum atomic E-state index is 11.6. The van der Waals surface area contributed by atoms with Gasteiger partial charge in [-0.15, -0.1) is 0 Å². The monoisotopic (exact) mass is 192 g/mol. The van der Waals surface area contributed by atoms with Crippen molar-refractivity contribution in [3.8, 4) is 0 Å². The van der Waals surface area contributed by atoms with Gasteiger partial charge in [0.2, 0.25) is 5.91 Å². The van der Waals surface area contributed by atoms with E-state index >= 15 is 0 Å². The number of hydrogen-bond donors (Lipinski definition) is 2. The van der Waals surface area contributed by atoms with Crippen LogP contribution in [0, 0.1) is 0 Å². The van der Waals surface area contributed by atoms with Crippen molar-refractivity contribution in [3.63, 3.8) is 0 Å². The molecule has 0 radical (unpaired) electrons. The predicted octanol–water partition coefficient (Wildman–Crippen LogP) is 1.62. The van der Waals surface area contributed by atoms with E-state index in [-0.39, 0.29) is 11.9 Å². The summed E-state index contributed by atoms with van der Waals surface area (Å²) in [4.78, 5) is 11.6. The number of rotatable bonds is 4. The number of amides is 1. The molecule has 0 saturated carbocycles. The summed E-state index contributed by atoms with van der Waals surface area (Å²) >= 11 is 0. The van der Waals surface area contributed by atoms with Gasteiger partial charge in [-0.1, -0.05) is 25.1 Å². The van der Waals surface area contributed by atoms with Crippen LogP contribution in [-0.2, 0) is 4.79 Å². The van der Waals surface area contributed by atoms with Gasteiger partial charge >= 0.3 is 0 Å². The Balaban J connectivity index is 2.57. The fourth-order valence-electron chi connectivity index (χ4n) is 1.27. The van der Waals surface area contributed by atoms with Gasteiger partial charge in [0.25, 0.3) is 0 Å². The molecule has 2 N–H and O–H groups in total. The average Bonchev–Trinajstić information content (AvgIpc) is 2.21. The first-order valence-corrected chi connectivity index (χ1v) is 4.81. The molecule has 0 aliphatic rings. The summed E-state index contributed by atoms with van der Waals surface area (Å²) in [7, 11) is 1.79. The Morgan fingerprint density at radius 2 is 2.00 bits per heavy atom. The van der Waals surface area contributed by atoms with E-state index < -0.39 is 0 Å². The van der Waals surface area contributed by atoms with E-state index in [4.69, 9.17) is 0 Å². The Morgan fingerprint density at radius 1 is 1.36 bits per heavy atom. The number of hydrogen-bond acceptors (Lipinski definition) is 2. The second-order valence-corrected chi connectivity index (χ2v) is 3.10. The second-order valence-electron chi connectivity index (χ2n) is 3.10. The molecule has 3 nitrogen and oxygen atoms in total. The first kappa shape index (κ1) is 10.7. The van der Waals surface area contributed by atoms with Crippen molar-refractivity contribution in [2.45, 2.75) is 19.4 Å². The van der Waals surface area contributed by atoms with Crippen molar-refractivity contribution >= 4 is 11.6 Å². The third-order valence-electron chi connectivity index (χ3n) is 2.11. The molecule has 0 aliphatic carbocycles. The highest BCUT2D eigenvalue weighted by Gasteiger charge is 2.13. The van der Waals surface area contributed by atoms with Crippen LogP contribution < -0.4 is 10.6 Å². The van der Waals surface area contributed by atoms with Gasteiger partial charge in [-0.25, -0.2) is 0 Å². The number of para-hydroxylation sites is 1. The van der Waals surface area contributed by atoms with E-state index in [9.17, 15) is 4.79 Å². The largest absolute Gasteiger partial charge is 0.325 e. The highest BCUT2D eigenvalue weighted by atomic mass is 16.2. The van der Waals surface area contributed by atoms with E-state index in [0.717, 1.165) is 12.1 Å². The molecule has 1 rings (SSSR count). The minimum Gasteiger partial charge on any atom is -0.325 e. The van der Waals surface area contributed by atoms with Crippen LogP contribution in [0.2, 0.25) is 0 Å². The number of carbonyl (C=O) groups excluding carboxylic acids is 1. The summed E-state index contributed by atoms with van der Waals surface area (Å²) in [5.74, 6) is 0.0150. The van der Waals surface area contributed by atoms with Crippen LogP contribution >= 0.6 is 0 Å². The number of nitrogens with one attached hydrogen (secondary N) is 2. The minimum atomic E-state index is -0.116. The summed E-state index contributed by atoms with van der Waals surface area (Å²) in [6.07, 6.45) is 0.787. The zero-order valence-electron chi connectivity index (χ0n) is 8.58. The number of carbonyl (C=O) groups is 1. The fourth-order valence-corrected chi connectivity index (χ4v) is 1.27. The zero-order valence-corrected chi connectivity index (χ0v) is 8.58. The van der Waals surface area contributed by atoms with Crippen LogP contribution in [0.3, 0.4) is 0 Å². The number of likely N-dealkylation sites (N-methyl/N-ethyl adjacent to an activating group) is 1. The Bertz CT molecular complexity index is 281. The second kappa shape index (κ2) is 5.40. The smallest absolute Gasteiger partial charge is 0.241 e. The highest BCUT2D eigenvalue weighted by molar-refractivity contribution is 5.94. The van der Waals surface area contributed by atoms with E-state index in [0.29, 0.717) is 0 Å². The molecule has 1 amide bonds. The van der Waals surface area contributed by atoms with Gasteiger partial charge in [0.15, 0.2) is 0 Å². The summed E-state index contributed by atoms with van der Waals surface area (Å²) < 4.78 is 0. The van der Waals surface area contributed by atoms with Crippen molar-refractivity contribution in [1.29, 1.82) is 0 Å². The van der Waals surface area contributed by atoms with Gasteiger partial charge in [0.1, 0.15) is 0 Å². The van der Waals surface area contributed by atoms with Gasteiger partial charge in [-0.05, 0) is 25.6 Å². The quantitative estimate of drug-likeness (QED) is 0.761. The maximum absolute atomic E-state index is 11.6. The molecule has 1 aromatic carbocycles. The molecule has 0 aromatic heterocycles. The van der Waals surface area contributed by atoms with Crippen LogP contribution in [0.4, 0.5) is 5.69 Å². The first-order chi connectivity index (χ1) is 6.77. The molecule has 0 heterocycles. The lowest BCUT2D eigenvalue weighted by Gasteiger charge is -2.13. The van der Waals surface area contributed by atoms with E-state index in [2.05, 4.69) is 10.6 Å². The molecule has 0 saturated heterocycles. The molecule has 14 heavy (non-hydrogen) atoms. The van der Waals surface area contributed by atoms with Gasteiger partial charge in [0, 0.05) is 5.69 Å². The molecule has 1 unspecified atom stereocenters. The minimum absolute atomic E-state index is 0.0150. The third-order valence-corrected chi connectivity index (χ3v) is 2.11. The van der Waals surface area contributed by atoms with Crippen LogP contribution in [0.15, 0.2) is 30.3 Å². The molecule has 1 aromatic rings. The van der Waals surface area contributed by atoms with Crippen LogP contribution in [-0.4, -0.2) is 19.0 Å². The Hall–Kier alpha value is -1.35. The lowest BCUT2D eigenvalue weighted by Crippen LogP contribution is -2.37. The fraction of sp³-hybridized carbons (Fsp3) is 0.364. The molecule has 76 valence electrons. The lowest BCUT2D eigenvalue weighted by atomic mass is 10.2. The average molecular weight is 192 g/mol. The van der Waals surface area contributed by atoms with Gasteiger partial charge in [-0.2, -0.15) is 0 Å². The SMILES string of the molecule is CCC(NC)C(=O)Nc1ccccc1. The normalized spacial score (nSPS) is 12.1. The number of benzene rings is 1. The van der Waals surface area contributed by atoms with Crippen LogP contribution in [0.5, 0.6) is 0 Å². The lowest BCUT2D eigenvalue weighted by molar-refractivity contribution is -0.118. The molecule has 0 fully saturated rings. The van der Waals surface area contributed by atoms with E-state index in [1.807, 2.05) is 37.3 Å². The Labute approximate surface area is 84.5 Å². The Morgan fingerprint density at radius 3 is 2.50 bits per heavy atom. The van der Waals surface area contributed by atoms with Crippen LogP contribution in [0.25, 0.3) is 0 Å². The maximum Gasteiger partial charge on any atom is 0.241 e. The molecule has 0 aliphatic heterocycles. The topological polar surface area (TPSA) is 41.1 Å². The van der Waals surface area contributed by atoms with Crippen LogP contribution in [0.1, 0.15) is 13.3 Å². The standard InChI is InChI=1S/C11H16N2O/c1-3-10(12-2)11(14)13-9-7-5-4-6-8-9/h4-8,10,12H,3H2,1-2H3,(H,13,14). The highest BCUT2D eigenvalue weighted by Crippen LogP contribution is 2.06. The summed E-state index contributed by atoms with van der Waals surface area (Å²) in [6, 6.07) is 9.35. The van der Waals surface area contributed by atoms with Gasteiger partial charge in [0.05, 0.1) is 6.04 Å². The molecular formula is C11H16N2O. The summed E-state index contributed by atoms with van der Waals surface area (Å²) in [5, 5.41) is 5.80. The molecular weight excluding hydrogens is 176 g/mol. The van der Waals surface area contributed by atoms with Crippen molar-refractivity contribution < 1.29 is 4.79 Å². The van der Waals surface area contributed by atoms with Crippen molar-refractivity contribution in [2.75, 3.05) is 12.4 Å². The van der Waals surface area contributed by atoms with Crippen molar-refractivity contribution in [3.05, 3.63) is 30.3 Å². The van der Waals surface area contributed by atoms with E-state index in [1.165, 1.54) is 0 Å². The summed E-state index contributed by atoms with van der Waals surface area (Å²) in [5.41, 5.74) is 0.839. The molecule has 3 heteroatoms. The predicted molar refractivity (Wildman–Crippen MR) is 58.2 cm³/mol. The van der Waals surface area contributed by atoms with Crippen molar-refractivity contribution in [2.24, 2.45) is 0 Å². The molecule has 0 spiro atoms. The van der Waals surface area contributed by atoms with Gasteiger partial charge < -0.3 is 10.6 Å². The zero-order chi connectivity index (χ0) is 10.4. The molecule has 1 atom stereocenters. The Kier molecular flexibility index (Phi) is 4.13. The summed E-state index contributed by atoms with van der Waals surface area (Å²) in [6.45, 7) is 1.98. The third kappa shape index (κ3) is 2.85. The van der Waals surface area contributed by atoms with Gasteiger partial charge in [-0.3, -0.25) is 4.79 Å². The van der Waals surface area contributed by atoms with Crippen molar-refractivity contribution in [1.82, 2.24) is 5.32 Å². The van der Waals surface area contributed by atoms with E-state index in [1.54, 1.807) is 7.05 Å². The number of anilines is 1. The first-order valence-electron chi connectivity index (χ1n) is 4.81.